The van der Waals surface area contributed by atoms with Crippen LogP contribution in [0.2, 0.25) is 0 Å². The van der Waals surface area contributed by atoms with Gasteiger partial charge in [-0.3, -0.25) is 4.31 Å². The molecule has 0 saturated carbocycles. The van der Waals surface area contributed by atoms with Gasteiger partial charge in [0.1, 0.15) is 18.1 Å². The molecular weight excluding hydrogens is 280 g/mol. The van der Waals surface area contributed by atoms with Crippen LogP contribution >= 0.6 is 0 Å². The third kappa shape index (κ3) is 1.85. The van der Waals surface area contributed by atoms with Crippen molar-refractivity contribution < 1.29 is 17.7 Å². The standard InChI is InChI=1S/C13H14N2O4S/c1-9-13(10(2)19-14-9)20(16,17)15-7-8-18-12-6-4-3-5-11(12)15/h3-6H,7-8H2,1-2H3. The van der Waals surface area contributed by atoms with Crippen LogP contribution in [0.25, 0.3) is 0 Å². The topological polar surface area (TPSA) is 72.6 Å². The normalized spacial score (nSPS) is 14.8. The lowest BCUT2D eigenvalue weighted by molar-refractivity contribution is 0.316. The van der Waals surface area contributed by atoms with Crippen molar-refractivity contribution in [2.45, 2.75) is 18.7 Å². The number of hydrogen-bond acceptors (Lipinski definition) is 5. The first-order chi connectivity index (χ1) is 9.51. The molecule has 0 spiro atoms. The number of hydrogen-bond donors (Lipinski definition) is 0. The van der Waals surface area contributed by atoms with E-state index in [9.17, 15) is 8.42 Å². The summed E-state index contributed by atoms with van der Waals surface area (Å²) in [6.45, 7) is 3.80. The Morgan fingerprint density at radius 3 is 2.70 bits per heavy atom. The molecule has 106 valence electrons. The highest BCUT2D eigenvalue weighted by molar-refractivity contribution is 7.93. The van der Waals surface area contributed by atoms with E-state index in [4.69, 9.17) is 9.26 Å². The SMILES string of the molecule is Cc1noc(C)c1S(=O)(=O)N1CCOc2ccccc21. The summed E-state index contributed by atoms with van der Waals surface area (Å²) in [6, 6.07) is 7.07. The van der Waals surface area contributed by atoms with Crippen molar-refractivity contribution in [1.82, 2.24) is 5.16 Å². The Hall–Kier alpha value is -2.02. The van der Waals surface area contributed by atoms with Crippen LogP contribution in [0.3, 0.4) is 0 Å². The summed E-state index contributed by atoms with van der Waals surface area (Å²) in [5, 5.41) is 3.72. The average Bonchev–Trinajstić information content (AvgIpc) is 2.78. The molecule has 0 atom stereocenters. The summed E-state index contributed by atoms with van der Waals surface area (Å²) >= 11 is 0. The zero-order chi connectivity index (χ0) is 14.3. The summed E-state index contributed by atoms with van der Waals surface area (Å²) in [5.41, 5.74) is 0.908. The van der Waals surface area contributed by atoms with Gasteiger partial charge in [0.25, 0.3) is 10.0 Å². The van der Waals surface area contributed by atoms with Gasteiger partial charge in [-0.25, -0.2) is 8.42 Å². The van der Waals surface area contributed by atoms with E-state index in [1.807, 2.05) is 6.07 Å². The first-order valence-electron chi connectivity index (χ1n) is 6.19. The lowest BCUT2D eigenvalue weighted by Gasteiger charge is -2.30. The Bertz CT molecular complexity index is 732. The third-order valence-electron chi connectivity index (χ3n) is 3.20. The fraction of sp³-hybridized carbons (Fsp3) is 0.308. The van der Waals surface area contributed by atoms with E-state index in [-0.39, 0.29) is 11.4 Å². The quantitative estimate of drug-likeness (QED) is 0.845. The van der Waals surface area contributed by atoms with E-state index in [0.717, 1.165) is 0 Å². The molecule has 0 aliphatic carbocycles. The monoisotopic (exact) mass is 294 g/mol. The van der Waals surface area contributed by atoms with E-state index in [1.54, 1.807) is 32.0 Å². The number of rotatable bonds is 2. The highest BCUT2D eigenvalue weighted by atomic mass is 32.2. The van der Waals surface area contributed by atoms with E-state index in [0.29, 0.717) is 29.5 Å². The molecule has 0 unspecified atom stereocenters. The number of fused-ring (bicyclic) bond motifs is 1. The fourth-order valence-corrected chi connectivity index (χ4v) is 4.10. The van der Waals surface area contributed by atoms with Crippen molar-refractivity contribution >= 4 is 15.7 Å². The van der Waals surface area contributed by atoms with Crippen LogP contribution in [-0.4, -0.2) is 26.7 Å². The second-order valence-electron chi connectivity index (χ2n) is 4.55. The Balaban J connectivity index is 2.15. The second-order valence-corrected chi connectivity index (χ2v) is 6.35. The lowest BCUT2D eigenvalue weighted by atomic mass is 10.2. The molecule has 2 heterocycles. The molecule has 2 aromatic rings. The fourth-order valence-electron chi connectivity index (χ4n) is 2.35. The smallest absolute Gasteiger partial charge is 0.269 e. The number of aromatic nitrogens is 1. The molecule has 0 radical (unpaired) electrons. The zero-order valence-corrected chi connectivity index (χ0v) is 12.0. The largest absolute Gasteiger partial charge is 0.489 e. The predicted octanol–water partition coefficient (Wildman–Crippen LogP) is 1.88. The summed E-state index contributed by atoms with van der Waals surface area (Å²) in [7, 11) is -3.70. The van der Waals surface area contributed by atoms with Gasteiger partial charge in [0, 0.05) is 0 Å². The molecule has 1 aromatic heterocycles. The first-order valence-corrected chi connectivity index (χ1v) is 7.63. The minimum absolute atomic E-state index is 0.134. The van der Waals surface area contributed by atoms with Gasteiger partial charge in [0.05, 0.1) is 12.2 Å². The Morgan fingerprint density at radius 2 is 2.00 bits per heavy atom. The minimum Gasteiger partial charge on any atom is -0.489 e. The number of aryl methyl sites for hydroxylation is 2. The highest BCUT2D eigenvalue weighted by Crippen LogP contribution is 2.36. The van der Waals surface area contributed by atoms with E-state index in [2.05, 4.69) is 5.16 Å². The van der Waals surface area contributed by atoms with Crippen LogP contribution in [0.1, 0.15) is 11.5 Å². The van der Waals surface area contributed by atoms with Crippen molar-refractivity contribution in [3.8, 4) is 5.75 Å². The summed E-state index contributed by atoms with van der Waals surface area (Å²) < 4.78 is 37.4. The molecule has 1 aliphatic rings. The number of sulfonamides is 1. The maximum Gasteiger partial charge on any atom is 0.269 e. The van der Waals surface area contributed by atoms with Crippen LogP contribution in [0.15, 0.2) is 33.7 Å². The van der Waals surface area contributed by atoms with Gasteiger partial charge < -0.3 is 9.26 Å². The van der Waals surface area contributed by atoms with Crippen LogP contribution in [-0.2, 0) is 10.0 Å². The molecule has 20 heavy (non-hydrogen) atoms. The number of nitrogens with zero attached hydrogens (tertiary/aromatic N) is 2. The van der Waals surface area contributed by atoms with Crippen molar-refractivity contribution in [3.05, 3.63) is 35.7 Å². The number of benzene rings is 1. The Kier molecular flexibility index (Phi) is 2.93. The molecule has 0 N–H and O–H groups in total. The molecular formula is C13H14N2O4S. The summed E-state index contributed by atoms with van der Waals surface area (Å²) in [5.74, 6) is 0.862. The van der Waals surface area contributed by atoms with Crippen molar-refractivity contribution in [2.24, 2.45) is 0 Å². The predicted molar refractivity (Wildman–Crippen MR) is 72.4 cm³/mol. The van der Waals surface area contributed by atoms with Gasteiger partial charge in [-0.2, -0.15) is 0 Å². The zero-order valence-electron chi connectivity index (χ0n) is 11.2. The number of anilines is 1. The molecule has 7 heteroatoms. The maximum absolute atomic E-state index is 12.8. The highest BCUT2D eigenvalue weighted by Gasteiger charge is 2.34. The van der Waals surface area contributed by atoms with Gasteiger partial charge >= 0.3 is 0 Å². The molecule has 0 amide bonds. The molecule has 1 aliphatic heterocycles. The molecule has 1 aromatic carbocycles. The van der Waals surface area contributed by atoms with E-state index < -0.39 is 10.0 Å². The van der Waals surface area contributed by atoms with Crippen LogP contribution in [0.5, 0.6) is 5.75 Å². The third-order valence-corrected chi connectivity index (χ3v) is 5.26. The van der Waals surface area contributed by atoms with Crippen molar-refractivity contribution in [2.75, 3.05) is 17.5 Å². The summed E-state index contributed by atoms with van der Waals surface area (Å²) in [6.07, 6.45) is 0. The van der Waals surface area contributed by atoms with E-state index in [1.165, 1.54) is 4.31 Å². The average molecular weight is 294 g/mol. The minimum atomic E-state index is -3.70. The number of para-hydroxylation sites is 2. The van der Waals surface area contributed by atoms with Crippen molar-refractivity contribution in [3.63, 3.8) is 0 Å². The Labute approximate surface area is 117 Å². The van der Waals surface area contributed by atoms with Crippen LogP contribution in [0, 0.1) is 13.8 Å². The van der Waals surface area contributed by atoms with Gasteiger partial charge in [0.2, 0.25) is 0 Å². The summed E-state index contributed by atoms with van der Waals surface area (Å²) in [4.78, 5) is 0.134. The van der Waals surface area contributed by atoms with Crippen LogP contribution < -0.4 is 9.04 Å². The lowest BCUT2D eigenvalue weighted by Crippen LogP contribution is -2.38. The molecule has 3 rings (SSSR count). The second kappa shape index (κ2) is 4.52. The first kappa shape index (κ1) is 13.0. The van der Waals surface area contributed by atoms with Gasteiger partial charge in [-0.15, -0.1) is 0 Å². The van der Waals surface area contributed by atoms with Gasteiger partial charge in [-0.05, 0) is 26.0 Å². The van der Waals surface area contributed by atoms with Crippen molar-refractivity contribution in [1.29, 1.82) is 0 Å². The van der Waals surface area contributed by atoms with Crippen LogP contribution in [0.4, 0.5) is 5.69 Å². The molecule has 0 saturated heterocycles. The molecule has 6 nitrogen and oxygen atoms in total. The maximum atomic E-state index is 12.8. The van der Waals surface area contributed by atoms with E-state index >= 15 is 0 Å². The number of ether oxygens (including phenoxy) is 1. The van der Waals surface area contributed by atoms with Gasteiger partial charge in [-0.1, -0.05) is 17.3 Å². The molecule has 0 bridgehead atoms. The molecule has 0 fully saturated rings. The van der Waals surface area contributed by atoms with Gasteiger partial charge in [0.15, 0.2) is 10.7 Å². The Morgan fingerprint density at radius 1 is 1.25 bits per heavy atom.